The molecule has 1 rings (SSSR count). The Hall–Kier alpha value is -1.55. The van der Waals surface area contributed by atoms with E-state index >= 15 is 0 Å². The average Bonchev–Trinajstić information content (AvgIpc) is 2.53. The standard InChI is InChI=1S/C10H11F7N2O2/c11-8(12,9(13,14)10(15,16)17)7(21)19-5-3-1-2-4-18-6(5)20/h5H,1-4H2,(H,18,20)(H,19,21). The molecule has 1 heterocycles. The molecule has 122 valence electrons. The van der Waals surface area contributed by atoms with Gasteiger partial charge in [0.05, 0.1) is 0 Å². The first-order valence-electron chi connectivity index (χ1n) is 5.82. The van der Waals surface area contributed by atoms with E-state index in [1.807, 2.05) is 0 Å². The van der Waals surface area contributed by atoms with Crippen LogP contribution in [0, 0.1) is 0 Å². The maximum absolute atomic E-state index is 13.1. The van der Waals surface area contributed by atoms with Gasteiger partial charge in [0.1, 0.15) is 6.04 Å². The number of rotatable bonds is 3. The minimum Gasteiger partial charge on any atom is -0.354 e. The summed E-state index contributed by atoms with van der Waals surface area (Å²) in [6.07, 6.45) is -5.96. The van der Waals surface area contributed by atoms with Gasteiger partial charge in [0.2, 0.25) is 5.91 Å². The second kappa shape index (κ2) is 5.68. The van der Waals surface area contributed by atoms with E-state index in [2.05, 4.69) is 5.32 Å². The highest BCUT2D eigenvalue weighted by molar-refractivity contribution is 5.91. The Labute approximate surface area is 114 Å². The lowest BCUT2D eigenvalue weighted by Crippen LogP contribution is -2.61. The first-order valence-corrected chi connectivity index (χ1v) is 5.82. The Kier molecular flexibility index (Phi) is 4.73. The summed E-state index contributed by atoms with van der Waals surface area (Å²) in [7, 11) is 0. The molecule has 0 aromatic heterocycles. The van der Waals surface area contributed by atoms with E-state index in [1.165, 1.54) is 5.32 Å². The third kappa shape index (κ3) is 3.38. The molecule has 0 aromatic rings. The summed E-state index contributed by atoms with van der Waals surface area (Å²) in [6.45, 7) is 0.195. The van der Waals surface area contributed by atoms with Crippen molar-refractivity contribution in [2.45, 2.75) is 43.3 Å². The highest BCUT2D eigenvalue weighted by atomic mass is 19.4. The van der Waals surface area contributed by atoms with Gasteiger partial charge in [0, 0.05) is 6.54 Å². The van der Waals surface area contributed by atoms with Gasteiger partial charge in [-0.2, -0.15) is 30.7 Å². The van der Waals surface area contributed by atoms with E-state index in [-0.39, 0.29) is 13.0 Å². The summed E-state index contributed by atoms with van der Waals surface area (Å²) in [5.41, 5.74) is 0. The molecule has 2 amide bonds. The van der Waals surface area contributed by atoms with Crippen LogP contribution in [0.1, 0.15) is 19.3 Å². The second-order valence-electron chi connectivity index (χ2n) is 4.46. The van der Waals surface area contributed by atoms with Gasteiger partial charge in [-0.1, -0.05) is 0 Å². The summed E-state index contributed by atoms with van der Waals surface area (Å²) in [5, 5.41) is 3.46. The van der Waals surface area contributed by atoms with Crippen LogP contribution in [0.4, 0.5) is 30.7 Å². The van der Waals surface area contributed by atoms with Crippen molar-refractivity contribution in [2.75, 3.05) is 6.54 Å². The van der Waals surface area contributed by atoms with E-state index in [0.717, 1.165) is 0 Å². The smallest absolute Gasteiger partial charge is 0.354 e. The molecule has 4 nitrogen and oxygen atoms in total. The molecule has 1 aliphatic rings. The molecule has 0 bridgehead atoms. The van der Waals surface area contributed by atoms with Crippen LogP contribution in [0.2, 0.25) is 0 Å². The zero-order valence-corrected chi connectivity index (χ0v) is 10.4. The van der Waals surface area contributed by atoms with Crippen molar-refractivity contribution in [2.24, 2.45) is 0 Å². The molecule has 0 spiro atoms. The van der Waals surface area contributed by atoms with Gasteiger partial charge in [-0.25, -0.2) is 0 Å². The largest absolute Gasteiger partial charge is 0.460 e. The predicted octanol–water partition coefficient (Wildman–Crippen LogP) is 1.60. The summed E-state index contributed by atoms with van der Waals surface area (Å²) in [5.74, 6) is -16.3. The van der Waals surface area contributed by atoms with Crippen LogP contribution in [0.5, 0.6) is 0 Å². The summed E-state index contributed by atoms with van der Waals surface area (Å²) >= 11 is 0. The molecule has 1 fully saturated rings. The third-order valence-electron chi connectivity index (χ3n) is 2.88. The van der Waals surface area contributed by atoms with Crippen LogP contribution in [0.15, 0.2) is 0 Å². The van der Waals surface area contributed by atoms with E-state index < -0.39 is 35.9 Å². The Morgan fingerprint density at radius 2 is 1.67 bits per heavy atom. The Balaban J connectivity index is 2.88. The molecule has 11 heteroatoms. The molecule has 1 unspecified atom stereocenters. The number of amides is 2. The number of carbonyl (C=O) groups excluding carboxylic acids is 2. The van der Waals surface area contributed by atoms with Crippen molar-refractivity contribution in [3.05, 3.63) is 0 Å². The van der Waals surface area contributed by atoms with Gasteiger partial charge in [0.25, 0.3) is 5.91 Å². The number of hydrogen-bond acceptors (Lipinski definition) is 2. The molecule has 1 atom stereocenters. The Morgan fingerprint density at radius 1 is 1.10 bits per heavy atom. The Morgan fingerprint density at radius 3 is 2.19 bits per heavy atom. The SMILES string of the molecule is O=C1NCCCCC1NC(=O)C(F)(F)C(F)(F)C(F)(F)F. The van der Waals surface area contributed by atoms with Crippen molar-refractivity contribution >= 4 is 11.8 Å². The zero-order chi connectivity index (χ0) is 16.5. The molecule has 2 N–H and O–H groups in total. The molecular weight excluding hydrogens is 313 g/mol. The van der Waals surface area contributed by atoms with E-state index in [4.69, 9.17) is 0 Å². The molecule has 0 aliphatic carbocycles. The lowest BCUT2D eigenvalue weighted by Gasteiger charge is -2.28. The molecule has 0 aromatic carbocycles. The first kappa shape index (κ1) is 17.5. The molecule has 0 radical (unpaired) electrons. The zero-order valence-electron chi connectivity index (χ0n) is 10.4. The number of nitrogens with one attached hydrogen (secondary N) is 2. The van der Waals surface area contributed by atoms with Crippen LogP contribution < -0.4 is 10.6 Å². The molecule has 21 heavy (non-hydrogen) atoms. The van der Waals surface area contributed by atoms with Gasteiger partial charge in [-0.05, 0) is 19.3 Å². The van der Waals surface area contributed by atoms with Crippen molar-refractivity contribution in [3.63, 3.8) is 0 Å². The van der Waals surface area contributed by atoms with Gasteiger partial charge in [-0.3, -0.25) is 9.59 Å². The highest BCUT2D eigenvalue weighted by Crippen LogP contribution is 2.46. The van der Waals surface area contributed by atoms with Gasteiger partial charge in [-0.15, -0.1) is 0 Å². The first-order chi connectivity index (χ1) is 9.41. The Bertz CT molecular complexity index is 422. The number of hydrogen-bond donors (Lipinski definition) is 2. The summed E-state index contributed by atoms with van der Waals surface area (Å²) in [4.78, 5) is 22.4. The van der Waals surface area contributed by atoms with Gasteiger partial charge in [0.15, 0.2) is 0 Å². The van der Waals surface area contributed by atoms with Crippen LogP contribution >= 0.6 is 0 Å². The topological polar surface area (TPSA) is 58.2 Å². The predicted molar refractivity (Wildman–Crippen MR) is 54.7 cm³/mol. The lowest BCUT2D eigenvalue weighted by molar-refractivity contribution is -0.344. The summed E-state index contributed by atoms with van der Waals surface area (Å²) in [6, 6.07) is -1.57. The van der Waals surface area contributed by atoms with Crippen LogP contribution in [-0.2, 0) is 9.59 Å². The molecular formula is C10H11F7N2O2. The maximum atomic E-state index is 13.1. The van der Waals surface area contributed by atoms with E-state index in [1.54, 1.807) is 0 Å². The number of halogens is 7. The van der Waals surface area contributed by atoms with Crippen molar-refractivity contribution in [1.29, 1.82) is 0 Å². The maximum Gasteiger partial charge on any atom is 0.460 e. The quantitative estimate of drug-likeness (QED) is 0.775. The third-order valence-corrected chi connectivity index (χ3v) is 2.88. The number of alkyl halides is 7. The van der Waals surface area contributed by atoms with Crippen LogP contribution in [0.3, 0.4) is 0 Å². The van der Waals surface area contributed by atoms with Gasteiger partial charge < -0.3 is 10.6 Å². The van der Waals surface area contributed by atoms with Crippen LogP contribution in [0.25, 0.3) is 0 Å². The fourth-order valence-corrected chi connectivity index (χ4v) is 1.65. The monoisotopic (exact) mass is 324 g/mol. The normalized spacial score (nSPS) is 21.5. The molecule has 1 saturated heterocycles. The van der Waals surface area contributed by atoms with Crippen molar-refractivity contribution in [3.8, 4) is 0 Å². The fraction of sp³-hybridized carbons (Fsp3) is 0.800. The minimum atomic E-state index is -6.60. The second-order valence-corrected chi connectivity index (χ2v) is 4.46. The van der Waals surface area contributed by atoms with Crippen molar-refractivity contribution < 1.29 is 40.3 Å². The van der Waals surface area contributed by atoms with E-state index in [9.17, 15) is 40.3 Å². The van der Waals surface area contributed by atoms with Crippen LogP contribution in [-0.4, -0.2) is 42.4 Å². The molecule has 1 aliphatic heterocycles. The lowest BCUT2D eigenvalue weighted by atomic mass is 10.1. The van der Waals surface area contributed by atoms with Gasteiger partial charge >= 0.3 is 18.0 Å². The van der Waals surface area contributed by atoms with Crippen molar-refractivity contribution in [1.82, 2.24) is 10.6 Å². The minimum absolute atomic E-state index is 0.134. The van der Waals surface area contributed by atoms with E-state index in [0.29, 0.717) is 12.8 Å². The summed E-state index contributed by atoms with van der Waals surface area (Å²) < 4.78 is 87.2. The average molecular weight is 324 g/mol. The fourth-order valence-electron chi connectivity index (χ4n) is 1.65. The molecule has 0 saturated carbocycles. The number of carbonyl (C=O) groups is 2. The highest BCUT2D eigenvalue weighted by Gasteiger charge is 2.76.